The fraction of sp³-hybridized carbons (Fsp3) is 0.632. The van der Waals surface area contributed by atoms with Gasteiger partial charge < -0.3 is 0 Å². The lowest BCUT2D eigenvalue weighted by molar-refractivity contribution is 0.652. The molecule has 0 nitrogen and oxygen atoms in total. The topological polar surface area (TPSA) is 0 Å². The summed E-state index contributed by atoms with van der Waals surface area (Å²) in [6.07, 6.45) is 1.52. The molecule has 0 fully saturated rings. The van der Waals surface area contributed by atoms with Crippen molar-refractivity contribution in [3.8, 4) is 0 Å². The second kappa shape index (κ2) is 13.9. The van der Waals surface area contributed by atoms with Crippen molar-refractivity contribution in [2.45, 2.75) is 51.2 Å². The van der Waals surface area contributed by atoms with Crippen LogP contribution in [0.2, 0.25) is 0 Å². The van der Waals surface area contributed by atoms with Crippen LogP contribution in [0.1, 0.15) is 36.1 Å². The van der Waals surface area contributed by atoms with Crippen molar-refractivity contribution in [2.75, 3.05) is 0 Å². The zero-order valence-corrected chi connectivity index (χ0v) is 34.6. The molecule has 0 saturated carbocycles. The van der Waals surface area contributed by atoms with Crippen LogP contribution in [0.15, 0.2) is 12.1 Å². The standard InChI is InChI=1S/C19H10Cl21/c1-6(2)3-8-9(12(22,23)15(28,29)18(35,36)37)4-7(11(20,21)14(26,27)17(32,33)34)5-10(8)13(24,25)16(30,31)19(38,39)40/h3-6H,1-2H3. The van der Waals surface area contributed by atoms with Gasteiger partial charge in [0.25, 0.3) is 0 Å². The van der Waals surface area contributed by atoms with Crippen LogP contribution in [0.25, 0.3) is 0 Å². The zero-order valence-electron chi connectivity index (χ0n) is 18.7. The van der Waals surface area contributed by atoms with E-state index in [1.165, 1.54) is 6.42 Å². The van der Waals surface area contributed by atoms with Crippen molar-refractivity contribution >= 4 is 244 Å². The van der Waals surface area contributed by atoms with E-state index >= 15 is 0 Å². The Balaban J connectivity index is 4.57. The minimum Gasteiger partial charge on any atom is -0.0930 e. The van der Waals surface area contributed by atoms with Crippen LogP contribution in [0.4, 0.5) is 0 Å². The van der Waals surface area contributed by atoms with Gasteiger partial charge in [-0.2, -0.15) is 0 Å². The van der Waals surface area contributed by atoms with Gasteiger partial charge in [0.2, 0.25) is 24.4 Å². The summed E-state index contributed by atoms with van der Waals surface area (Å²) in [7, 11) is 0. The highest BCUT2D eigenvalue weighted by Gasteiger charge is 2.66. The summed E-state index contributed by atoms with van der Waals surface area (Å²) in [6.45, 7) is 3.48. The lowest BCUT2D eigenvalue weighted by atomic mass is 9.85. The van der Waals surface area contributed by atoms with Gasteiger partial charge in [-0.3, -0.25) is 0 Å². The first-order chi connectivity index (χ1) is 17.1. The van der Waals surface area contributed by atoms with Crippen LogP contribution in [0.3, 0.4) is 0 Å². The zero-order chi connectivity index (χ0) is 32.5. The quantitative estimate of drug-likeness (QED) is 0.228. The Morgan fingerprint density at radius 1 is 0.450 bits per heavy atom. The molecule has 0 N–H and O–H groups in total. The fourth-order valence-corrected chi connectivity index (χ4v) is 7.39. The van der Waals surface area contributed by atoms with Gasteiger partial charge in [0, 0.05) is 0 Å². The average Bonchev–Trinajstić information content (AvgIpc) is 2.69. The molecule has 1 radical (unpaired) electrons. The first-order valence-electron chi connectivity index (χ1n) is 9.65. The maximum Gasteiger partial charge on any atom is 0.226 e. The molecule has 0 bridgehead atoms. The van der Waals surface area contributed by atoms with Crippen molar-refractivity contribution in [1.82, 2.24) is 0 Å². The van der Waals surface area contributed by atoms with Gasteiger partial charge in [-0.1, -0.05) is 257 Å². The largest absolute Gasteiger partial charge is 0.226 e. The highest BCUT2D eigenvalue weighted by atomic mass is 35.6. The fourth-order valence-electron chi connectivity index (χ4n) is 2.92. The maximum absolute atomic E-state index is 6.75. The molecule has 0 aliphatic heterocycles. The van der Waals surface area contributed by atoms with E-state index in [0.717, 1.165) is 12.1 Å². The van der Waals surface area contributed by atoms with Gasteiger partial charge in [-0.05, 0) is 46.7 Å². The van der Waals surface area contributed by atoms with Crippen molar-refractivity contribution in [2.24, 2.45) is 5.92 Å². The van der Waals surface area contributed by atoms with Crippen LogP contribution < -0.4 is 0 Å². The van der Waals surface area contributed by atoms with Crippen LogP contribution in [0.5, 0.6) is 0 Å². The van der Waals surface area contributed by atoms with Crippen molar-refractivity contribution in [3.63, 3.8) is 0 Å². The van der Waals surface area contributed by atoms with Gasteiger partial charge in [0.1, 0.15) is 0 Å². The molecule has 0 aliphatic rings. The minimum atomic E-state index is -2.63. The average molecular weight is 983 g/mol. The van der Waals surface area contributed by atoms with E-state index in [9.17, 15) is 0 Å². The Kier molecular flexibility index (Phi) is 15.1. The van der Waals surface area contributed by atoms with E-state index in [1.807, 2.05) is 0 Å². The molecular weight excluding hydrogens is 973 g/mol. The summed E-state index contributed by atoms with van der Waals surface area (Å²) in [5.74, 6) is -0.324. The molecule has 0 aromatic heterocycles. The van der Waals surface area contributed by atoms with E-state index in [-0.39, 0.29) is 28.2 Å². The summed E-state index contributed by atoms with van der Waals surface area (Å²) in [5.41, 5.74) is -0.976. The van der Waals surface area contributed by atoms with Crippen molar-refractivity contribution in [3.05, 3.63) is 40.8 Å². The molecule has 0 spiro atoms. The smallest absolute Gasteiger partial charge is 0.0930 e. The monoisotopic (exact) mass is 972 g/mol. The Morgan fingerprint density at radius 2 is 0.700 bits per heavy atom. The van der Waals surface area contributed by atoms with Crippen LogP contribution in [-0.4, -0.2) is 24.4 Å². The summed E-state index contributed by atoms with van der Waals surface area (Å²) < 4.78 is -23.2. The van der Waals surface area contributed by atoms with Gasteiger partial charge >= 0.3 is 0 Å². The number of alkyl halides is 21. The molecule has 1 aromatic rings. The van der Waals surface area contributed by atoms with E-state index in [4.69, 9.17) is 244 Å². The third-order valence-electron chi connectivity index (χ3n) is 4.97. The third kappa shape index (κ3) is 8.19. The molecule has 0 aliphatic carbocycles. The highest BCUT2D eigenvalue weighted by Crippen LogP contribution is 2.67. The number of hydrogen-bond acceptors (Lipinski definition) is 0. The Bertz CT molecular complexity index is 1010. The molecule has 233 valence electrons. The third-order valence-corrected chi connectivity index (χ3v) is 16.8. The molecule has 0 atom stereocenters. The Morgan fingerprint density at radius 3 is 0.925 bits per heavy atom. The summed E-state index contributed by atoms with van der Waals surface area (Å²) >= 11 is 133. The van der Waals surface area contributed by atoms with Crippen LogP contribution in [0, 0.1) is 12.3 Å². The predicted molar refractivity (Wildman–Crippen MR) is 189 cm³/mol. The normalized spacial score (nSPS) is 15.7. The van der Waals surface area contributed by atoms with Crippen molar-refractivity contribution in [1.29, 1.82) is 0 Å². The minimum absolute atomic E-state index is 0.0404. The lowest BCUT2D eigenvalue weighted by Crippen LogP contribution is -2.49. The molecule has 0 heterocycles. The Hall–Kier alpha value is 5.31. The molecule has 1 rings (SSSR count). The molecule has 1 aromatic carbocycles. The molecule has 0 unspecified atom stereocenters. The van der Waals surface area contributed by atoms with E-state index in [1.54, 1.807) is 13.8 Å². The molecule has 0 saturated heterocycles. The molecule has 21 heteroatoms. The van der Waals surface area contributed by atoms with Gasteiger partial charge in [-0.15, -0.1) is 0 Å². The summed E-state index contributed by atoms with van der Waals surface area (Å²) in [6, 6.07) is 2.24. The first-order valence-corrected chi connectivity index (χ1v) is 17.6. The second-order valence-electron chi connectivity index (χ2n) is 8.34. The Labute approximate surface area is 337 Å². The SMILES string of the molecule is CC(C)[CH]c1c(C(Cl)(Cl)C(Cl)(Cl)C(Cl)(Cl)Cl)cc(C(Cl)(Cl)C(Cl)(Cl)C(Cl)(Cl)Cl)cc1C(Cl)(Cl)C(Cl)(Cl)C(Cl)(Cl)Cl. The molecule has 0 amide bonds. The summed E-state index contributed by atoms with van der Waals surface area (Å²) in [5, 5.41) is 0. The number of hydrogen-bond donors (Lipinski definition) is 0. The number of benzene rings is 1. The van der Waals surface area contributed by atoms with E-state index < -0.39 is 37.4 Å². The first kappa shape index (κ1) is 43.3. The lowest BCUT2D eigenvalue weighted by Gasteiger charge is -2.44. The van der Waals surface area contributed by atoms with Crippen LogP contribution >= 0.6 is 244 Å². The number of halogens is 21. The van der Waals surface area contributed by atoms with E-state index in [2.05, 4.69) is 0 Å². The van der Waals surface area contributed by atoms with Gasteiger partial charge in [0.05, 0.1) is 0 Å². The highest BCUT2D eigenvalue weighted by molar-refractivity contribution is 6.80. The van der Waals surface area contributed by atoms with Gasteiger partial charge in [-0.25, -0.2) is 0 Å². The second-order valence-corrected chi connectivity index (χ2v) is 23.1. The molecular formula is C19H10Cl21. The summed E-state index contributed by atoms with van der Waals surface area (Å²) in [4.78, 5) is 0. The molecule has 40 heavy (non-hydrogen) atoms. The predicted octanol–water partition coefficient (Wildman–Crippen LogP) is 15.4. The van der Waals surface area contributed by atoms with Crippen molar-refractivity contribution < 1.29 is 0 Å². The van der Waals surface area contributed by atoms with Crippen LogP contribution in [-0.2, 0) is 13.0 Å². The van der Waals surface area contributed by atoms with Gasteiger partial charge in [0.15, 0.2) is 13.0 Å². The van der Waals surface area contributed by atoms with E-state index in [0.29, 0.717) is 0 Å². The number of rotatable bonds is 8. The maximum atomic E-state index is 6.75.